The summed E-state index contributed by atoms with van der Waals surface area (Å²) in [6, 6.07) is 0. The lowest BCUT2D eigenvalue weighted by molar-refractivity contribution is -0.143. The van der Waals surface area contributed by atoms with E-state index in [9.17, 15) is 14.4 Å². The molecule has 2 heterocycles. The Morgan fingerprint density at radius 2 is 2.00 bits per heavy atom. The Hall–Kier alpha value is -2.23. The molecule has 2 aromatic rings. The fraction of sp³-hybridized carbons (Fsp3) is 0.500. The van der Waals surface area contributed by atoms with Crippen molar-refractivity contribution < 1.29 is 19.1 Å². The molecule has 2 rings (SSSR count). The highest BCUT2D eigenvalue weighted by Crippen LogP contribution is 2.19. The average Bonchev–Trinajstić information content (AvgIpc) is 2.78. The summed E-state index contributed by atoms with van der Waals surface area (Å²) in [5, 5.41) is 4.03. The number of halogens is 1. The largest absolute Gasteiger partial charge is 0.465 e. The summed E-state index contributed by atoms with van der Waals surface area (Å²) in [6.07, 6.45) is 0.407. The van der Waals surface area contributed by atoms with E-state index in [1.165, 1.54) is 0 Å². The van der Waals surface area contributed by atoms with Crippen LogP contribution in [-0.4, -0.2) is 43.6 Å². The van der Waals surface area contributed by atoms with E-state index in [0.717, 1.165) is 15.6 Å². The van der Waals surface area contributed by atoms with E-state index in [1.54, 1.807) is 27.7 Å². The first-order valence-electron chi connectivity index (χ1n) is 7.16. The zero-order valence-electron chi connectivity index (χ0n) is 13.7. The normalized spacial score (nSPS) is 11.5. The van der Waals surface area contributed by atoms with Crippen molar-refractivity contribution >= 4 is 39.0 Å². The van der Waals surface area contributed by atoms with Gasteiger partial charge < -0.3 is 9.47 Å². The highest BCUT2D eigenvalue weighted by Gasteiger charge is 2.24. The van der Waals surface area contributed by atoms with E-state index in [1.807, 2.05) is 0 Å². The predicted molar refractivity (Wildman–Crippen MR) is 87.8 cm³/mol. The first-order valence-corrected chi connectivity index (χ1v) is 7.96. The minimum Gasteiger partial charge on any atom is -0.465 e. The van der Waals surface area contributed by atoms with Crippen molar-refractivity contribution in [3.63, 3.8) is 0 Å². The lowest BCUT2D eigenvalue weighted by atomic mass is 10.2. The quantitative estimate of drug-likeness (QED) is 0.721. The van der Waals surface area contributed by atoms with Crippen molar-refractivity contribution in [3.05, 3.63) is 21.3 Å². The molecule has 0 N–H and O–H groups in total. The Balaban J connectivity index is 2.46. The number of fused-ring (bicyclic) bond motifs is 1. The standard InChI is InChI=1S/C14H17BrN4O5/c1-5-23-8(20)6-18-7-16-11-9(12(18)21)10(15)17-19(11)13(22)24-14(2,3)4/h7H,5-6H2,1-4H3. The summed E-state index contributed by atoms with van der Waals surface area (Å²) in [4.78, 5) is 40.3. The fourth-order valence-corrected chi connectivity index (χ4v) is 2.40. The summed E-state index contributed by atoms with van der Waals surface area (Å²) in [5.74, 6) is -0.559. The highest BCUT2D eigenvalue weighted by molar-refractivity contribution is 9.10. The van der Waals surface area contributed by atoms with Gasteiger partial charge in [0.2, 0.25) is 0 Å². The molecule has 0 bridgehead atoms. The molecule has 0 aliphatic carbocycles. The third-order valence-corrected chi connectivity index (χ3v) is 3.34. The van der Waals surface area contributed by atoms with Gasteiger partial charge >= 0.3 is 12.1 Å². The molecule has 0 unspecified atom stereocenters. The van der Waals surface area contributed by atoms with Crippen LogP contribution in [-0.2, 0) is 20.8 Å². The zero-order valence-corrected chi connectivity index (χ0v) is 15.3. The molecule has 0 atom stereocenters. The summed E-state index contributed by atoms with van der Waals surface area (Å²) >= 11 is 3.14. The lowest BCUT2D eigenvalue weighted by Crippen LogP contribution is -2.29. The Kier molecular flexibility index (Phi) is 5.07. The van der Waals surface area contributed by atoms with Gasteiger partial charge in [-0.2, -0.15) is 5.10 Å². The van der Waals surface area contributed by atoms with Crippen LogP contribution in [0.4, 0.5) is 4.79 Å². The second kappa shape index (κ2) is 6.71. The Morgan fingerprint density at radius 1 is 1.33 bits per heavy atom. The summed E-state index contributed by atoms with van der Waals surface area (Å²) in [7, 11) is 0. The summed E-state index contributed by atoms with van der Waals surface area (Å²) in [6.45, 7) is 6.74. The van der Waals surface area contributed by atoms with Crippen LogP contribution in [0, 0.1) is 0 Å². The molecule has 0 saturated heterocycles. The van der Waals surface area contributed by atoms with Crippen LogP contribution < -0.4 is 5.56 Å². The van der Waals surface area contributed by atoms with Gasteiger partial charge in [0.15, 0.2) is 5.65 Å². The molecule has 0 spiro atoms. The molecule has 0 aromatic carbocycles. The SMILES string of the molecule is CCOC(=O)Cn1cnc2c(c(Br)nn2C(=O)OC(C)(C)C)c1=O. The molecule has 0 radical (unpaired) electrons. The van der Waals surface area contributed by atoms with Gasteiger partial charge in [-0.1, -0.05) is 0 Å². The maximum Gasteiger partial charge on any atom is 0.437 e. The molecule has 24 heavy (non-hydrogen) atoms. The Bertz CT molecular complexity index is 849. The van der Waals surface area contributed by atoms with Crippen molar-refractivity contribution in [3.8, 4) is 0 Å². The van der Waals surface area contributed by atoms with Crippen LogP contribution >= 0.6 is 15.9 Å². The molecule has 0 aliphatic rings. The van der Waals surface area contributed by atoms with Crippen LogP contribution in [0.3, 0.4) is 0 Å². The minimum absolute atomic E-state index is 0.0428. The number of aromatic nitrogens is 4. The van der Waals surface area contributed by atoms with Gasteiger partial charge in [0, 0.05) is 0 Å². The molecule has 9 nitrogen and oxygen atoms in total. The number of esters is 1. The number of ether oxygens (including phenoxy) is 2. The zero-order chi connectivity index (χ0) is 18.1. The number of carbonyl (C=O) groups excluding carboxylic acids is 2. The number of hydrogen-bond donors (Lipinski definition) is 0. The van der Waals surface area contributed by atoms with Crippen molar-refractivity contribution in [2.75, 3.05) is 6.61 Å². The van der Waals surface area contributed by atoms with Crippen molar-refractivity contribution in [1.82, 2.24) is 19.3 Å². The number of nitrogens with zero attached hydrogens (tertiary/aromatic N) is 4. The van der Waals surface area contributed by atoms with Gasteiger partial charge in [-0.3, -0.25) is 14.2 Å². The van der Waals surface area contributed by atoms with Crippen LogP contribution in [0.1, 0.15) is 27.7 Å². The lowest BCUT2D eigenvalue weighted by Gasteiger charge is -2.18. The molecule has 0 saturated carbocycles. The van der Waals surface area contributed by atoms with Gasteiger partial charge in [0.25, 0.3) is 5.56 Å². The molecule has 0 amide bonds. The van der Waals surface area contributed by atoms with Gasteiger partial charge in [0.05, 0.1) is 6.61 Å². The molecule has 130 valence electrons. The third kappa shape index (κ3) is 3.81. The topological polar surface area (TPSA) is 105 Å². The van der Waals surface area contributed by atoms with E-state index >= 15 is 0 Å². The average molecular weight is 401 g/mol. The first kappa shape index (κ1) is 18.1. The molecule has 2 aromatic heterocycles. The van der Waals surface area contributed by atoms with Gasteiger partial charge in [-0.05, 0) is 43.6 Å². The molecular weight excluding hydrogens is 384 g/mol. The van der Waals surface area contributed by atoms with Crippen molar-refractivity contribution in [2.24, 2.45) is 0 Å². The predicted octanol–water partition coefficient (Wildman–Crippen LogP) is 1.70. The first-order chi connectivity index (χ1) is 11.1. The maximum atomic E-state index is 12.5. The molecular formula is C14H17BrN4O5. The van der Waals surface area contributed by atoms with Crippen LogP contribution in [0.2, 0.25) is 0 Å². The second-order valence-corrected chi connectivity index (χ2v) is 6.62. The Labute approximate surface area is 145 Å². The van der Waals surface area contributed by atoms with E-state index in [-0.39, 0.29) is 28.8 Å². The van der Waals surface area contributed by atoms with Crippen LogP contribution in [0.25, 0.3) is 11.0 Å². The fourth-order valence-electron chi connectivity index (χ4n) is 1.90. The maximum absolute atomic E-state index is 12.5. The highest BCUT2D eigenvalue weighted by atomic mass is 79.9. The van der Waals surface area contributed by atoms with Gasteiger partial charge in [-0.15, -0.1) is 4.68 Å². The number of rotatable bonds is 3. The third-order valence-electron chi connectivity index (χ3n) is 2.78. The van der Waals surface area contributed by atoms with Crippen LogP contribution in [0.5, 0.6) is 0 Å². The second-order valence-electron chi connectivity index (χ2n) is 5.86. The minimum atomic E-state index is -0.756. The molecule has 0 fully saturated rings. The van der Waals surface area contributed by atoms with Crippen LogP contribution in [0.15, 0.2) is 15.7 Å². The van der Waals surface area contributed by atoms with Crippen molar-refractivity contribution in [2.45, 2.75) is 39.8 Å². The molecule has 0 aliphatic heterocycles. The van der Waals surface area contributed by atoms with Gasteiger partial charge in [-0.25, -0.2) is 9.78 Å². The summed E-state index contributed by atoms with van der Waals surface area (Å²) < 4.78 is 12.2. The van der Waals surface area contributed by atoms with E-state index in [4.69, 9.17) is 9.47 Å². The Morgan fingerprint density at radius 3 is 2.58 bits per heavy atom. The number of carbonyl (C=O) groups is 2. The van der Waals surface area contributed by atoms with E-state index in [2.05, 4.69) is 26.0 Å². The number of hydrogen-bond acceptors (Lipinski definition) is 7. The smallest absolute Gasteiger partial charge is 0.437 e. The van der Waals surface area contributed by atoms with Crippen molar-refractivity contribution in [1.29, 1.82) is 0 Å². The van der Waals surface area contributed by atoms with Gasteiger partial charge in [0.1, 0.15) is 28.5 Å². The van der Waals surface area contributed by atoms with E-state index in [0.29, 0.717) is 0 Å². The summed E-state index contributed by atoms with van der Waals surface area (Å²) in [5.41, 5.74) is -1.20. The monoisotopic (exact) mass is 400 g/mol. The molecule has 10 heteroatoms. The van der Waals surface area contributed by atoms with E-state index < -0.39 is 23.2 Å².